The summed E-state index contributed by atoms with van der Waals surface area (Å²) in [6.07, 6.45) is 12.4. The number of anilines is 3. The summed E-state index contributed by atoms with van der Waals surface area (Å²) in [4.78, 5) is 28.5. The van der Waals surface area contributed by atoms with Crippen LogP contribution in [0.5, 0.6) is 0 Å². The first kappa shape index (κ1) is 30.4. The summed E-state index contributed by atoms with van der Waals surface area (Å²) in [6, 6.07) is 6.37. The van der Waals surface area contributed by atoms with Gasteiger partial charge in [0.2, 0.25) is 23.8 Å². The molecule has 0 spiro atoms. The number of allylic oxidation sites excluding steroid dienone is 3. The molecule has 1 aromatic carbocycles. The number of amides is 1. The lowest BCUT2D eigenvalue weighted by molar-refractivity contribution is -0.120. The van der Waals surface area contributed by atoms with Crippen LogP contribution < -0.4 is 26.6 Å². The van der Waals surface area contributed by atoms with Gasteiger partial charge in [-0.1, -0.05) is 36.6 Å². The van der Waals surface area contributed by atoms with Gasteiger partial charge >= 0.3 is 0 Å². The quantitative estimate of drug-likeness (QED) is 0.207. The number of benzene rings is 1. The van der Waals surface area contributed by atoms with E-state index >= 15 is 0 Å². The molecule has 1 saturated heterocycles. The van der Waals surface area contributed by atoms with E-state index in [1.807, 2.05) is 12.2 Å². The molecular formula is C30H43FN8O2. The number of aromatic nitrogens is 3. The number of halogens is 1. The van der Waals surface area contributed by atoms with Gasteiger partial charge in [0.1, 0.15) is 5.82 Å². The first-order valence-electron chi connectivity index (χ1n) is 14.8. The fourth-order valence-corrected chi connectivity index (χ4v) is 4.78. The van der Waals surface area contributed by atoms with Crippen LogP contribution in [0.2, 0.25) is 0 Å². The zero-order valence-corrected chi connectivity index (χ0v) is 23.8. The molecule has 10 nitrogen and oxygen atoms in total. The van der Waals surface area contributed by atoms with E-state index in [9.17, 15) is 9.18 Å². The SMILES string of the molecule is NCCOCCCCCCNC(=O)CC1=CC=C(Nc2nc(NCc3ccc(F)cc3)nc(N3CCCC3)n2)CC1. The molecule has 0 radical (unpaired) electrons. The molecule has 2 heterocycles. The number of rotatable bonds is 17. The molecule has 2 aromatic rings. The van der Waals surface area contributed by atoms with Gasteiger partial charge in [-0.05, 0) is 62.3 Å². The Labute approximate surface area is 242 Å². The van der Waals surface area contributed by atoms with Crippen molar-refractivity contribution < 1.29 is 13.9 Å². The third-order valence-electron chi connectivity index (χ3n) is 7.07. The molecule has 222 valence electrons. The monoisotopic (exact) mass is 566 g/mol. The molecule has 11 heteroatoms. The fourth-order valence-electron chi connectivity index (χ4n) is 4.78. The van der Waals surface area contributed by atoms with Crippen molar-refractivity contribution >= 4 is 23.8 Å². The van der Waals surface area contributed by atoms with Crippen LogP contribution in [-0.2, 0) is 16.1 Å². The van der Waals surface area contributed by atoms with Gasteiger partial charge in [0.05, 0.1) is 6.61 Å². The number of carbonyl (C=O) groups is 1. The van der Waals surface area contributed by atoms with E-state index in [1.165, 1.54) is 12.1 Å². The molecule has 0 saturated carbocycles. The summed E-state index contributed by atoms with van der Waals surface area (Å²) in [6.45, 7) is 4.95. The third-order valence-corrected chi connectivity index (χ3v) is 7.07. The predicted molar refractivity (Wildman–Crippen MR) is 160 cm³/mol. The zero-order valence-electron chi connectivity index (χ0n) is 23.8. The van der Waals surface area contributed by atoms with Crippen LogP contribution in [0.3, 0.4) is 0 Å². The average molecular weight is 567 g/mol. The van der Waals surface area contributed by atoms with Crippen LogP contribution >= 0.6 is 0 Å². The average Bonchev–Trinajstić information content (AvgIpc) is 3.52. The summed E-state index contributed by atoms with van der Waals surface area (Å²) in [5.41, 5.74) is 8.45. The van der Waals surface area contributed by atoms with Crippen molar-refractivity contribution in [1.82, 2.24) is 20.3 Å². The second kappa shape index (κ2) is 16.6. The Bertz CT molecular complexity index is 1170. The maximum Gasteiger partial charge on any atom is 0.233 e. The number of nitrogens with two attached hydrogens (primary N) is 1. The summed E-state index contributed by atoms with van der Waals surface area (Å²) in [5, 5.41) is 9.65. The smallest absolute Gasteiger partial charge is 0.233 e. The van der Waals surface area contributed by atoms with Crippen molar-refractivity contribution in [2.24, 2.45) is 5.73 Å². The van der Waals surface area contributed by atoms with Crippen LogP contribution in [0.4, 0.5) is 22.2 Å². The topological polar surface area (TPSA) is 130 Å². The highest BCUT2D eigenvalue weighted by Gasteiger charge is 2.18. The Hall–Kier alpha value is -3.57. The van der Waals surface area contributed by atoms with Crippen molar-refractivity contribution in [3.8, 4) is 0 Å². The lowest BCUT2D eigenvalue weighted by Crippen LogP contribution is -2.25. The molecule has 1 fully saturated rings. The second-order valence-electron chi connectivity index (χ2n) is 10.4. The standard InChI is InChI=1S/C30H43FN8O2/c31-25-11-7-24(8-12-25)22-34-28-36-29(38-30(37-28)39-17-4-5-18-39)35-26-13-9-23(10-14-26)21-27(40)33-16-3-1-2-6-19-41-20-15-32/h7-9,11-13H,1-6,10,14-22,32H2,(H,33,40)(H2,34,35,36,37,38). The molecule has 1 aliphatic carbocycles. The highest BCUT2D eigenvalue weighted by Crippen LogP contribution is 2.24. The predicted octanol–water partition coefficient (Wildman–Crippen LogP) is 4.28. The number of ether oxygens (including phenoxy) is 1. The fraction of sp³-hybridized carbons (Fsp3) is 0.533. The van der Waals surface area contributed by atoms with E-state index in [1.54, 1.807) is 12.1 Å². The Morgan fingerprint density at radius 1 is 0.951 bits per heavy atom. The number of nitrogens with zero attached hydrogens (tertiary/aromatic N) is 4. The maximum atomic E-state index is 13.3. The Morgan fingerprint density at radius 2 is 1.73 bits per heavy atom. The molecule has 2 aliphatic rings. The normalized spacial score (nSPS) is 14.9. The molecule has 0 atom stereocenters. The lowest BCUT2D eigenvalue weighted by atomic mass is 9.99. The van der Waals surface area contributed by atoms with Crippen LogP contribution in [0.15, 0.2) is 47.7 Å². The van der Waals surface area contributed by atoms with Crippen molar-refractivity contribution in [1.29, 1.82) is 0 Å². The van der Waals surface area contributed by atoms with E-state index in [2.05, 4.69) is 35.8 Å². The molecule has 5 N–H and O–H groups in total. The molecule has 0 unspecified atom stereocenters. The zero-order chi connectivity index (χ0) is 28.7. The number of nitrogens with one attached hydrogen (secondary N) is 3. The van der Waals surface area contributed by atoms with E-state index in [-0.39, 0.29) is 11.7 Å². The van der Waals surface area contributed by atoms with Crippen LogP contribution in [0.1, 0.15) is 63.4 Å². The molecule has 1 aliphatic heterocycles. The summed E-state index contributed by atoms with van der Waals surface area (Å²) in [7, 11) is 0. The van der Waals surface area contributed by atoms with Gasteiger partial charge in [0, 0.05) is 51.4 Å². The minimum atomic E-state index is -0.262. The van der Waals surface area contributed by atoms with Crippen LogP contribution in [-0.4, -0.2) is 60.3 Å². The van der Waals surface area contributed by atoms with Gasteiger partial charge in [-0.3, -0.25) is 4.79 Å². The van der Waals surface area contributed by atoms with Crippen molar-refractivity contribution in [3.63, 3.8) is 0 Å². The number of carbonyl (C=O) groups excluding carboxylic acids is 1. The highest BCUT2D eigenvalue weighted by molar-refractivity contribution is 5.78. The van der Waals surface area contributed by atoms with Gasteiger partial charge in [0.25, 0.3) is 0 Å². The van der Waals surface area contributed by atoms with Gasteiger partial charge in [-0.25, -0.2) is 4.39 Å². The molecule has 1 amide bonds. The van der Waals surface area contributed by atoms with E-state index < -0.39 is 0 Å². The van der Waals surface area contributed by atoms with E-state index in [0.29, 0.717) is 50.5 Å². The Morgan fingerprint density at radius 3 is 2.49 bits per heavy atom. The lowest BCUT2D eigenvalue weighted by Gasteiger charge is -2.19. The molecule has 4 rings (SSSR count). The second-order valence-corrected chi connectivity index (χ2v) is 10.4. The largest absolute Gasteiger partial charge is 0.380 e. The van der Waals surface area contributed by atoms with Crippen molar-refractivity contribution in [2.75, 3.05) is 54.9 Å². The molecule has 1 aromatic heterocycles. The summed E-state index contributed by atoms with van der Waals surface area (Å²) < 4.78 is 18.6. The van der Waals surface area contributed by atoms with E-state index in [4.69, 9.17) is 10.5 Å². The van der Waals surface area contributed by atoms with Crippen molar-refractivity contribution in [3.05, 3.63) is 59.1 Å². The van der Waals surface area contributed by atoms with E-state index in [0.717, 1.165) is 87.9 Å². The van der Waals surface area contributed by atoms with Gasteiger partial charge < -0.3 is 31.3 Å². The Kier molecular flexibility index (Phi) is 12.3. The number of hydrogen-bond acceptors (Lipinski definition) is 9. The minimum Gasteiger partial charge on any atom is -0.380 e. The van der Waals surface area contributed by atoms with Gasteiger partial charge in [-0.2, -0.15) is 15.0 Å². The highest BCUT2D eigenvalue weighted by atomic mass is 19.1. The summed E-state index contributed by atoms with van der Waals surface area (Å²) >= 11 is 0. The third kappa shape index (κ3) is 10.7. The molecule has 41 heavy (non-hydrogen) atoms. The number of unbranched alkanes of at least 4 members (excludes halogenated alkanes) is 3. The summed E-state index contributed by atoms with van der Waals surface area (Å²) in [5.74, 6) is 1.40. The van der Waals surface area contributed by atoms with Gasteiger partial charge in [0.15, 0.2) is 0 Å². The van der Waals surface area contributed by atoms with Gasteiger partial charge in [-0.15, -0.1) is 0 Å². The number of hydrogen-bond donors (Lipinski definition) is 4. The minimum absolute atomic E-state index is 0.0666. The molecule has 0 bridgehead atoms. The van der Waals surface area contributed by atoms with Crippen LogP contribution in [0.25, 0.3) is 0 Å². The first-order chi connectivity index (χ1) is 20.1. The molecular weight excluding hydrogens is 523 g/mol. The Balaban J connectivity index is 1.25. The van der Waals surface area contributed by atoms with Crippen molar-refractivity contribution in [2.45, 2.75) is 64.3 Å². The maximum absolute atomic E-state index is 13.3. The van der Waals surface area contributed by atoms with Crippen LogP contribution in [0, 0.1) is 5.82 Å². The first-order valence-corrected chi connectivity index (χ1v) is 14.8.